The van der Waals surface area contributed by atoms with Gasteiger partial charge in [0.15, 0.2) is 0 Å². The predicted octanol–water partition coefficient (Wildman–Crippen LogP) is 6.65. The lowest BCUT2D eigenvalue weighted by molar-refractivity contribution is -0.132. The zero-order chi connectivity index (χ0) is 20.8. The lowest BCUT2D eigenvalue weighted by Crippen LogP contribution is -2.10. The number of rotatable bonds is 4. The molecule has 1 aliphatic carbocycles. The molecule has 0 aliphatic heterocycles. The Morgan fingerprint density at radius 3 is 1.63 bits per heavy atom. The van der Waals surface area contributed by atoms with E-state index in [2.05, 4.69) is 30.4 Å². The second-order valence-electron chi connectivity index (χ2n) is 7.21. The summed E-state index contributed by atoms with van der Waals surface area (Å²) in [4.78, 5) is 11.9. The molecule has 2 nitrogen and oxygen atoms in total. The first kappa shape index (κ1) is 19.4. The second kappa shape index (κ2) is 9.06. The van der Waals surface area contributed by atoms with E-state index in [4.69, 9.17) is 0 Å². The van der Waals surface area contributed by atoms with Gasteiger partial charge in [-0.1, -0.05) is 97.1 Å². The summed E-state index contributed by atoms with van der Waals surface area (Å²) in [5.74, 6) is -0.883. The minimum Gasteiger partial charge on any atom is -0.478 e. The highest BCUT2D eigenvalue weighted by Crippen LogP contribution is 2.36. The van der Waals surface area contributed by atoms with Gasteiger partial charge in [0.1, 0.15) is 0 Å². The summed E-state index contributed by atoms with van der Waals surface area (Å²) in [7, 11) is 0. The van der Waals surface area contributed by atoms with Crippen LogP contribution in [0.25, 0.3) is 18.2 Å². The van der Waals surface area contributed by atoms with Gasteiger partial charge < -0.3 is 5.11 Å². The van der Waals surface area contributed by atoms with E-state index in [9.17, 15) is 9.90 Å². The van der Waals surface area contributed by atoms with E-state index in [1.165, 1.54) is 0 Å². The van der Waals surface area contributed by atoms with Crippen LogP contribution in [0, 0.1) is 0 Å². The maximum atomic E-state index is 11.9. The number of carboxylic acids is 1. The highest BCUT2D eigenvalue weighted by molar-refractivity contribution is 5.93. The Labute approximate surface area is 176 Å². The molecule has 3 aromatic rings. The number of carbonyl (C=O) groups is 1. The summed E-state index contributed by atoms with van der Waals surface area (Å²) in [5, 5.41) is 9.74. The number of allylic oxidation sites excluding steroid dienone is 4. The largest absolute Gasteiger partial charge is 0.478 e. The Hall–Kier alpha value is -3.91. The first-order chi connectivity index (χ1) is 14.7. The molecule has 0 unspecified atom stereocenters. The standard InChI is InChI=1S/C28H22O2/c29-28(30)26-19-24(16-21-10-4-1-5-11-21)27(18-23-14-8-3-9-15-23)25(20-26)17-22-12-6-2-7-13-22/h1-19H,20H2,(H,29,30). The van der Waals surface area contributed by atoms with Crippen LogP contribution >= 0.6 is 0 Å². The fraction of sp³-hybridized carbons (Fsp3) is 0.0357. The van der Waals surface area contributed by atoms with Crippen molar-refractivity contribution in [3.8, 4) is 0 Å². The minimum absolute atomic E-state index is 0.384. The van der Waals surface area contributed by atoms with Crippen molar-refractivity contribution in [2.75, 3.05) is 0 Å². The maximum Gasteiger partial charge on any atom is 0.331 e. The Morgan fingerprint density at radius 1 is 0.667 bits per heavy atom. The Kier molecular flexibility index (Phi) is 5.86. The van der Waals surface area contributed by atoms with E-state index in [0.717, 1.165) is 33.4 Å². The van der Waals surface area contributed by atoms with Crippen LogP contribution in [0.5, 0.6) is 0 Å². The van der Waals surface area contributed by atoms with Gasteiger partial charge in [0.25, 0.3) is 0 Å². The predicted molar refractivity (Wildman–Crippen MR) is 124 cm³/mol. The molecule has 30 heavy (non-hydrogen) atoms. The molecule has 0 atom stereocenters. The fourth-order valence-electron chi connectivity index (χ4n) is 3.56. The molecule has 0 aromatic heterocycles. The van der Waals surface area contributed by atoms with Crippen molar-refractivity contribution in [3.63, 3.8) is 0 Å². The van der Waals surface area contributed by atoms with E-state index >= 15 is 0 Å². The Bertz CT molecular complexity index is 1150. The summed E-state index contributed by atoms with van der Waals surface area (Å²) >= 11 is 0. The van der Waals surface area contributed by atoms with Crippen LogP contribution in [-0.2, 0) is 4.79 Å². The van der Waals surface area contributed by atoms with Crippen molar-refractivity contribution in [3.05, 3.63) is 136 Å². The average molecular weight is 390 g/mol. The van der Waals surface area contributed by atoms with E-state index < -0.39 is 5.97 Å². The van der Waals surface area contributed by atoms with Gasteiger partial charge in [0.05, 0.1) is 0 Å². The molecule has 0 amide bonds. The number of benzene rings is 3. The highest BCUT2D eigenvalue weighted by atomic mass is 16.4. The van der Waals surface area contributed by atoms with E-state index in [0.29, 0.717) is 12.0 Å². The summed E-state index contributed by atoms with van der Waals surface area (Å²) in [6.45, 7) is 0. The summed E-state index contributed by atoms with van der Waals surface area (Å²) < 4.78 is 0. The molecule has 146 valence electrons. The third-order valence-corrected chi connectivity index (χ3v) is 5.02. The average Bonchev–Trinajstić information content (AvgIpc) is 2.78. The second-order valence-corrected chi connectivity index (χ2v) is 7.21. The fourth-order valence-corrected chi connectivity index (χ4v) is 3.56. The molecule has 3 aromatic carbocycles. The molecule has 0 bridgehead atoms. The van der Waals surface area contributed by atoms with Crippen molar-refractivity contribution >= 4 is 24.2 Å². The van der Waals surface area contributed by atoms with E-state index in [-0.39, 0.29) is 0 Å². The van der Waals surface area contributed by atoms with Crippen LogP contribution in [-0.4, -0.2) is 11.1 Å². The topological polar surface area (TPSA) is 37.3 Å². The molecule has 2 heteroatoms. The number of aliphatic carboxylic acids is 1. The van der Waals surface area contributed by atoms with Crippen molar-refractivity contribution < 1.29 is 9.90 Å². The van der Waals surface area contributed by atoms with E-state index in [1.807, 2.05) is 78.9 Å². The van der Waals surface area contributed by atoms with Gasteiger partial charge in [-0.25, -0.2) is 4.79 Å². The third-order valence-electron chi connectivity index (χ3n) is 5.02. The van der Waals surface area contributed by atoms with Crippen LogP contribution in [0.15, 0.2) is 119 Å². The minimum atomic E-state index is -0.883. The molecule has 0 radical (unpaired) electrons. The Morgan fingerprint density at radius 2 is 1.13 bits per heavy atom. The number of hydrogen-bond acceptors (Lipinski definition) is 1. The first-order valence-electron chi connectivity index (χ1n) is 9.93. The van der Waals surface area contributed by atoms with Gasteiger partial charge in [-0.3, -0.25) is 0 Å². The first-order valence-corrected chi connectivity index (χ1v) is 9.93. The van der Waals surface area contributed by atoms with Crippen molar-refractivity contribution in [1.82, 2.24) is 0 Å². The van der Waals surface area contributed by atoms with Crippen molar-refractivity contribution in [1.29, 1.82) is 0 Å². The zero-order valence-electron chi connectivity index (χ0n) is 16.5. The molecular formula is C28H22O2. The van der Waals surface area contributed by atoms with Crippen LogP contribution < -0.4 is 0 Å². The lowest BCUT2D eigenvalue weighted by atomic mass is 9.83. The number of carboxylic acid groups (broad SMARTS) is 1. The molecule has 0 saturated heterocycles. The normalized spacial score (nSPS) is 17.9. The quantitative estimate of drug-likeness (QED) is 0.541. The molecule has 1 N–H and O–H groups in total. The number of hydrogen-bond donors (Lipinski definition) is 1. The monoisotopic (exact) mass is 390 g/mol. The van der Waals surface area contributed by atoms with Crippen LogP contribution in [0.4, 0.5) is 0 Å². The smallest absolute Gasteiger partial charge is 0.331 e. The van der Waals surface area contributed by atoms with E-state index in [1.54, 1.807) is 6.08 Å². The SMILES string of the molecule is O=C(O)C1=CC(=Cc2ccccc2)C(=Cc2ccccc2)C(=Cc2ccccc2)C1. The maximum absolute atomic E-state index is 11.9. The zero-order valence-corrected chi connectivity index (χ0v) is 16.5. The van der Waals surface area contributed by atoms with Crippen molar-refractivity contribution in [2.45, 2.75) is 6.42 Å². The lowest BCUT2D eigenvalue weighted by Gasteiger charge is -2.21. The molecule has 4 rings (SSSR count). The Balaban J connectivity index is 1.91. The molecule has 0 heterocycles. The van der Waals surface area contributed by atoms with Crippen LogP contribution in [0.2, 0.25) is 0 Å². The molecule has 0 saturated carbocycles. The van der Waals surface area contributed by atoms with Gasteiger partial charge in [-0.2, -0.15) is 0 Å². The van der Waals surface area contributed by atoms with Crippen LogP contribution in [0.1, 0.15) is 23.1 Å². The summed E-state index contributed by atoms with van der Waals surface area (Å²) in [5.41, 5.74) is 6.50. The van der Waals surface area contributed by atoms with Gasteiger partial charge in [0.2, 0.25) is 0 Å². The highest BCUT2D eigenvalue weighted by Gasteiger charge is 2.22. The summed E-state index contributed by atoms with van der Waals surface area (Å²) in [6, 6.07) is 30.2. The van der Waals surface area contributed by atoms with Crippen LogP contribution in [0.3, 0.4) is 0 Å². The van der Waals surface area contributed by atoms with Gasteiger partial charge in [-0.15, -0.1) is 0 Å². The molecule has 0 spiro atoms. The van der Waals surface area contributed by atoms with Crippen molar-refractivity contribution in [2.24, 2.45) is 0 Å². The summed E-state index contributed by atoms with van der Waals surface area (Å²) in [6.07, 6.45) is 8.46. The van der Waals surface area contributed by atoms with Gasteiger partial charge in [0, 0.05) is 12.0 Å². The third kappa shape index (κ3) is 4.73. The molecule has 1 aliphatic rings. The molecular weight excluding hydrogens is 368 g/mol. The van der Waals surface area contributed by atoms with Gasteiger partial charge >= 0.3 is 5.97 Å². The van der Waals surface area contributed by atoms with Gasteiger partial charge in [-0.05, 0) is 51.6 Å². The molecule has 0 fully saturated rings.